The number of aliphatic hydroxyl groups is 1. The van der Waals surface area contributed by atoms with Crippen molar-refractivity contribution >= 4 is 0 Å². The predicted octanol–water partition coefficient (Wildman–Crippen LogP) is 2.39. The minimum Gasteiger partial charge on any atom is -0.496 e. The molecule has 4 heteroatoms. The van der Waals surface area contributed by atoms with Crippen molar-refractivity contribution < 1.29 is 9.84 Å². The molecular formula is C14H16N2O2. The van der Waals surface area contributed by atoms with Crippen LogP contribution in [0.15, 0.2) is 30.5 Å². The summed E-state index contributed by atoms with van der Waals surface area (Å²) in [5.41, 5.74) is 1.83. The highest BCUT2D eigenvalue weighted by Crippen LogP contribution is 2.32. The lowest BCUT2D eigenvalue weighted by Crippen LogP contribution is -2.14. The van der Waals surface area contributed by atoms with Crippen LogP contribution in [0, 0.1) is 0 Å². The summed E-state index contributed by atoms with van der Waals surface area (Å²) < 4.78 is 7.38. The first-order valence-electron chi connectivity index (χ1n) is 6.18. The number of aromatic nitrogens is 2. The van der Waals surface area contributed by atoms with Gasteiger partial charge in [-0.2, -0.15) is 0 Å². The van der Waals surface area contributed by atoms with Gasteiger partial charge in [0.2, 0.25) is 0 Å². The Morgan fingerprint density at radius 3 is 3.00 bits per heavy atom. The smallest absolute Gasteiger partial charge is 0.138 e. The van der Waals surface area contributed by atoms with Gasteiger partial charge in [-0.1, -0.05) is 12.1 Å². The lowest BCUT2D eigenvalue weighted by molar-refractivity contribution is 0.134. The van der Waals surface area contributed by atoms with E-state index < -0.39 is 6.10 Å². The highest BCUT2D eigenvalue weighted by Gasteiger charge is 2.21. The number of imidazole rings is 1. The molecule has 0 radical (unpaired) electrons. The Balaban J connectivity index is 2.07. The molecule has 2 heterocycles. The third kappa shape index (κ3) is 1.78. The molecule has 1 aliphatic heterocycles. The van der Waals surface area contributed by atoms with E-state index in [1.807, 2.05) is 35.0 Å². The van der Waals surface area contributed by atoms with Gasteiger partial charge in [0.05, 0.1) is 12.8 Å². The van der Waals surface area contributed by atoms with Gasteiger partial charge in [0, 0.05) is 18.3 Å². The number of methoxy groups -OCH3 is 1. The predicted molar refractivity (Wildman–Crippen MR) is 68.4 cm³/mol. The SMILES string of the molecule is COc1ccccc1-c1cn2c(n1)C(O)CCC2. The molecule has 0 spiro atoms. The summed E-state index contributed by atoms with van der Waals surface area (Å²) in [4.78, 5) is 4.54. The second kappa shape index (κ2) is 4.46. The topological polar surface area (TPSA) is 47.3 Å². The van der Waals surface area contributed by atoms with Crippen LogP contribution in [-0.2, 0) is 6.54 Å². The van der Waals surface area contributed by atoms with Gasteiger partial charge in [-0.05, 0) is 25.0 Å². The van der Waals surface area contributed by atoms with Crippen LogP contribution in [0.2, 0.25) is 0 Å². The van der Waals surface area contributed by atoms with Crippen molar-refractivity contribution in [3.63, 3.8) is 0 Å². The second-order valence-electron chi connectivity index (χ2n) is 4.54. The normalized spacial score (nSPS) is 18.4. The molecule has 1 atom stereocenters. The molecule has 0 bridgehead atoms. The van der Waals surface area contributed by atoms with Crippen molar-refractivity contribution in [3.8, 4) is 17.0 Å². The van der Waals surface area contributed by atoms with E-state index in [1.54, 1.807) is 7.11 Å². The number of hydrogen-bond donors (Lipinski definition) is 1. The van der Waals surface area contributed by atoms with Crippen LogP contribution in [0.25, 0.3) is 11.3 Å². The van der Waals surface area contributed by atoms with Gasteiger partial charge in [0.1, 0.15) is 17.7 Å². The summed E-state index contributed by atoms with van der Waals surface area (Å²) in [6.45, 7) is 0.925. The lowest BCUT2D eigenvalue weighted by atomic mass is 10.1. The van der Waals surface area contributed by atoms with Crippen LogP contribution in [0.5, 0.6) is 5.75 Å². The Bertz CT molecular complexity index is 563. The quantitative estimate of drug-likeness (QED) is 0.882. The van der Waals surface area contributed by atoms with Gasteiger partial charge in [0.25, 0.3) is 0 Å². The van der Waals surface area contributed by atoms with Crippen LogP contribution < -0.4 is 4.74 Å². The first kappa shape index (κ1) is 11.3. The zero-order valence-electron chi connectivity index (χ0n) is 10.3. The summed E-state index contributed by atoms with van der Waals surface area (Å²) in [7, 11) is 1.66. The largest absolute Gasteiger partial charge is 0.496 e. The van der Waals surface area contributed by atoms with Crippen LogP contribution in [0.1, 0.15) is 24.8 Å². The second-order valence-corrected chi connectivity index (χ2v) is 4.54. The maximum Gasteiger partial charge on any atom is 0.138 e. The van der Waals surface area contributed by atoms with E-state index in [2.05, 4.69) is 4.98 Å². The van der Waals surface area contributed by atoms with Gasteiger partial charge in [-0.15, -0.1) is 0 Å². The monoisotopic (exact) mass is 244 g/mol. The van der Waals surface area contributed by atoms with E-state index in [-0.39, 0.29) is 0 Å². The zero-order chi connectivity index (χ0) is 12.5. The molecule has 0 amide bonds. The van der Waals surface area contributed by atoms with E-state index in [0.29, 0.717) is 0 Å². The maximum atomic E-state index is 9.93. The van der Waals surface area contributed by atoms with Crippen LogP contribution in [0.4, 0.5) is 0 Å². The average Bonchev–Trinajstić information content (AvgIpc) is 2.84. The number of rotatable bonds is 2. The molecule has 0 saturated heterocycles. The number of aliphatic hydroxyl groups excluding tert-OH is 1. The molecule has 1 aromatic carbocycles. The summed E-state index contributed by atoms with van der Waals surface area (Å²) in [5.74, 6) is 1.57. The fourth-order valence-corrected chi connectivity index (χ4v) is 2.45. The third-order valence-corrected chi connectivity index (χ3v) is 3.36. The van der Waals surface area contributed by atoms with E-state index in [4.69, 9.17) is 4.74 Å². The minimum absolute atomic E-state index is 0.442. The first-order valence-corrected chi connectivity index (χ1v) is 6.18. The summed E-state index contributed by atoms with van der Waals surface area (Å²) in [6.07, 6.45) is 3.34. The van der Waals surface area contributed by atoms with Gasteiger partial charge in [-0.3, -0.25) is 0 Å². The van der Waals surface area contributed by atoms with Gasteiger partial charge >= 0.3 is 0 Å². The van der Waals surface area contributed by atoms with Crippen molar-refractivity contribution in [1.29, 1.82) is 0 Å². The number of aryl methyl sites for hydroxylation is 1. The molecule has 4 nitrogen and oxygen atoms in total. The molecule has 0 fully saturated rings. The summed E-state index contributed by atoms with van der Waals surface area (Å²) >= 11 is 0. The van der Waals surface area contributed by atoms with Crippen molar-refractivity contribution in [2.75, 3.05) is 7.11 Å². The zero-order valence-corrected chi connectivity index (χ0v) is 10.3. The van der Waals surface area contributed by atoms with Gasteiger partial charge < -0.3 is 14.4 Å². The molecule has 1 N–H and O–H groups in total. The van der Waals surface area contributed by atoms with Crippen LogP contribution >= 0.6 is 0 Å². The number of hydrogen-bond acceptors (Lipinski definition) is 3. The molecule has 18 heavy (non-hydrogen) atoms. The van der Waals surface area contributed by atoms with Crippen molar-refractivity contribution in [2.24, 2.45) is 0 Å². The minimum atomic E-state index is -0.442. The molecule has 1 aliphatic rings. The molecule has 2 aromatic rings. The summed E-state index contributed by atoms with van der Waals surface area (Å²) in [5, 5.41) is 9.93. The third-order valence-electron chi connectivity index (χ3n) is 3.36. The Kier molecular flexibility index (Phi) is 2.80. The molecule has 1 unspecified atom stereocenters. The highest BCUT2D eigenvalue weighted by atomic mass is 16.5. The van der Waals surface area contributed by atoms with E-state index >= 15 is 0 Å². The highest BCUT2D eigenvalue weighted by molar-refractivity contribution is 5.66. The van der Waals surface area contributed by atoms with Crippen molar-refractivity contribution in [2.45, 2.75) is 25.5 Å². The number of ether oxygens (including phenoxy) is 1. The van der Waals surface area contributed by atoms with Crippen LogP contribution in [0.3, 0.4) is 0 Å². The Morgan fingerprint density at radius 1 is 1.39 bits per heavy atom. The Morgan fingerprint density at radius 2 is 2.22 bits per heavy atom. The first-order chi connectivity index (χ1) is 8.79. The number of para-hydroxylation sites is 1. The molecule has 0 saturated carbocycles. The lowest BCUT2D eigenvalue weighted by Gasteiger charge is -2.18. The Hall–Kier alpha value is -1.81. The standard InChI is InChI=1S/C14H16N2O2/c1-18-13-7-3-2-5-10(13)11-9-16-8-4-6-12(17)14(16)15-11/h2-3,5,7,9,12,17H,4,6,8H2,1H3. The van der Waals surface area contributed by atoms with Crippen LogP contribution in [-0.4, -0.2) is 21.8 Å². The molecule has 1 aromatic heterocycles. The average molecular weight is 244 g/mol. The number of benzene rings is 1. The van der Waals surface area contributed by atoms with Crippen molar-refractivity contribution in [3.05, 3.63) is 36.3 Å². The van der Waals surface area contributed by atoms with Crippen molar-refractivity contribution in [1.82, 2.24) is 9.55 Å². The molecular weight excluding hydrogens is 228 g/mol. The molecule has 3 rings (SSSR count). The fraction of sp³-hybridized carbons (Fsp3) is 0.357. The number of fused-ring (bicyclic) bond motifs is 1. The number of nitrogens with zero attached hydrogens (tertiary/aromatic N) is 2. The Labute approximate surface area is 106 Å². The molecule has 0 aliphatic carbocycles. The van der Waals surface area contributed by atoms with Gasteiger partial charge in [0.15, 0.2) is 0 Å². The van der Waals surface area contributed by atoms with E-state index in [0.717, 1.165) is 42.2 Å². The van der Waals surface area contributed by atoms with E-state index in [9.17, 15) is 5.11 Å². The molecule has 94 valence electrons. The van der Waals surface area contributed by atoms with Gasteiger partial charge in [-0.25, -0.2) is 4.98 Å². The summed E-state index contributed by atoms with van der Waals surface area (Å²) in [6, 6.07) is 7.81. The fourth-order valence-electron chi connectivity index (χ4n) is 2.45. The van der Waals surface area contributed by atoms with E-state index in [1.165, 1.54) is 0 Å². The maximum absolute atomic E-state index is 9.93.